The van der Waals surface area contributed by atoms with Crippen LogP contribution < -0.4 is 28.1 Å². The van der Waals surface area contributed by atoms with Crippen molar-refractivity contribution in [3.63, 3.8) is 0 Å². The van der Waals surface area contributed by atoms with Crippen LogP contribution in [0.1, 0.15) is 17.3 Å². The first-order chi connectivity index (χ1) is 4.70. The number of benzene rings is 1. The molecule has 1 nitrogen and oxygen atoms in total. The van der Waals surface area contributed by atoms with E-state index in [9.17, 15) is 4.79 Å². The minimum Gasteiger partial charge on any atom is -1.00 e. The second kappa shape index (κ2) is 4.99. The SMILES string of the molecule is CC(=O)c1cc[c]([Zn+])cc1.[I-]. The van der Waals surface area contributed by atoms with Gasteiger partial charge >= 0.3 is 69.8 Å². The van der Waals surface area contributed by atoms with Gasteiger partial charge < -0.3 is 24.0 Å². The summed E-state index contributed by atoms with van der Waals surface area (Å²) in [5.41, 5.74) is 0.803. The summed E-state index contributed by atoms with van der Waals surface area (Å²) in [6.45, 7) is 1.58. The maximum atomic E-state index is 10.8. The fourth-order valence-electron chi connectivity index (χ4n) is 0.739. The van der Waals surface area contributed by atoms with Crippen LogP contribution >= 0.6 is 0 Å². The van der Waals surface area contributed by atoms with Gasteiger partial charge in [0, 0.05) is 0 Å². The summed E-state index contributed by atoms with van der Waals surface area (Å²) in [7, 11) is 0. The molecule has 0 aromatic heterocycles. The summed E-state index contributed by atoms with van der Waals surface area (Å²) >= 11 is 1.15. The number of halogens is 1. The third-order valence-corrected chi connectivity index (χ3v) is 2.35. The zero-order valence-electron chi connectivity index (χ0n) is 6.30. The molecule has 1 rings (SSSR count). The molecule has 0 unspecified atom stereocenters. The van der Waals surface area contributed by atoms with Gasteiger partial charge in [-0.05, 0) is 0 Å². The fourth-order valence-corrected chi connectivity index (χ4v) is 1.23. The standard InChI is InChI=1S/C8H7O.HI.Zn/c1-7(9)8-5-3-2-4-6-8;;/h3-6H,1H3;1H;/q;;+1/p-1. The van der Waals surface area contributed by atoms with Gasteiger partial charge in [-0.3, -0.25) is 0 Å². The first-order valence-corrected chi connectivity index (χ1v) is 4.61. The van der Waals surface area contributed by atoms with Crippen LogP contribution in [0.25, 0.3) is 0 Å². The quantitative estimate of drug-likeness (QED) is 0.335. The summed E-state index contributed by atoms with van der Waals surface area (Å²) in [5.74, 6) is 0.139. The van der Waals surface area contributed by atoms with Crippen LogP contribution in [0.2, 0.25) is 0 Å². The van der Waals surface area contributed by atoms with Crippen LogP contribution in [0.15, 0.2) is 24.3 Å². The number of hydrogen-bond acceptors (Lipinski definition) is 1. The Balaban J connectivity index is 0.000001000. The Morgan fingerprint density at radius 2 is 1.73 bits per heavy atom. The van der Waals surface area contributed by atoms with Gasteiger partial charge in [-0.1, -0.05) is 0 Å². The van der Waals surface area contributed by atoms with E-state index in [0.29, 0.717) is 0 Å². The van der Waals surface area contributed by atoms with E-state index in [1.165, 1.54) is 4.16 Å². The molecule has 0 aliphatic carbocycles. The molecular weight excluding hydrogens is 304 g/mol. The minimum absolute atomic E-state index is 0. The van der Waals surface area contributed by atoms with Gasteiger partial charge in [-0.25, -0.2) is 0 Å². The number of carbonyl (C=O) groups excluding carboxylic acids is 1. The van der Waals surface area contributed by atoms with Gasteiger partial charge in [0.1, 0.15) is 0 Å². The van der Waals surface area contributed by atoms with Gasteiger partial charge in [-0.2, -0.15) is 0 Å². The number of ketones is 1. The van der Waals surface area contributed by atoms with E-state index in [-0.39, 0.29) is 29.8 Å². The molecule has 0 saturated heterocycles. The molecule has 0 fully saturated rings. The third-order valence-electron chi connectivity index (χ3n) is 1.36. The van der Waals surface area contributed by atoms with Crippen molar-refractivity contribution in [2.75, 3.05) is 0 Å². The van der Waals surface area contributed by atoms with Crippen LogP contribution in [0, 0.1) is 0 Å². The Labute approximate surface area is 93.3 Å². The summed E-state index contributed by atoms with van der Waals surface area (Å²) in [6.07, 6.45) is 0. The number of hydrogen-bond donors (Lipinski definition) is 0. The average Bonchev–Trinajstić information content (AvgIpc) is 1.88. The van der Waals surface area contributed by atoms with E-state index >= 15 is 0 Å². The molecule has 0 heterocycles. The number of carbonyl (C=O) groups is 1. The van der Waals surface area contributed by atoms with Crippen LogP contribution in [-0.2, 0) is 18.3 Å². The Morgan fingerprint density at radius 3 is 2.09 bits per heavy atom. The summed E-state index contributed by atoms with van der Waals surface area (Å²) in [4.78, 5) is 10.8. The van der Waals surface area contributed by atoms with Crippen molar-refractivity contribution in [1.82, 2.24) is 0 Å². The van der Waals surface area contributed by atoms with Crippen LogP contribution in [0.3, 0.4) is 0 Å². The summed E-state index contributed by atoms with van der Waals surface area (Å²) < 4.78 is 1.31. The molecule has 0 radical (unpaired) electrons. The van der Waals surface area contributed by atoms with Gasteiger partial charge in [-0.15, -0.1) is 0 Å². The topological polar surface area (TPSA) is 17.1 Å². The van der Waals surface area contributed by atoms with Gasteiger partial charge in [0.15, 0.2) is 0 Å². The Hall–Kier alpha value is 0.243. The first kappa shape index (κ1) is 11.2. The van der Waals surface area contributed by atoms with Gasteiger partial charge in [0.25, 0.3) is 0 Å². The third kappa shape index (κ3) is 3.43. The van der Waals surface area contributed by atoms with E-state index in [1.807, 2.05) is 24.3 Å². The van der Waals surface area contributed by atoms with Crippen LogP contribution in [0.5, 0.6) is 0 Å². The zero-order chi connectivity index (χ0) is 7.56. The van der Waals surface area contributed by atoms with Crippen LogP contribution in [0.4, 0.5) is 0 Å². The largest absolute Gasteiger partial charge is 1.00 e. The Bertz CT molecular complexity index is 243. The zero-order valence-corrected chi connectivity index (χ0v) is 11.4. The molecule has 54 valence electrons. The predicted octanol–water partition coefficient (Wildman–Crippen LogP) is -1.93. The normalized spacial score (nSPS) is 8.64. The summed E-state index contributed by atoms with van der Waals surface area (Å²) in [6, 6.07) is 7.75. The van der Waals surface area contributed by atoms with Crippen molar-refractivity contribution in [2.24, 2.45) is 0 Å². The maximum Gasteiger partial charge on any atom is -1.00 e. The van der Waals surface area contributed by atoms with Gasteiger partial charge in [0.05, 0.1) is 0 Å². The molecule has 3 heteroatoms. The second-order valence-electron chi connectivity index (χ2n) is 2.25. The molecular formula is C8H7IOZn. The monoisotopic (exact) mass is 310 g/mol. The molecule has 0 amide bonds. The molecule has 1 aromatic carbocycles. The Kier molecular flexibility index (Phi) is 5.10. The predicted molar refractivity (Wildman–Crippen MR) is 36.1 cm³/mol. The van der Waals surface area contributed by atoms with E-state index in [1.54, 1.807) is 6.92 Å². The van der Waals surface area contributed by atoms with E-state index in [2.05, 4.69) is 0 Å². The van der Waals surface area contributed by atoms with Crippen molar-refractivity contribution in [3.05, 3.63) is 29.8 Å². The smallest absolute Gasteiger partial charge is 1.00 e. The summed E-state index contributed by atoms with van der Waals surface area (Å²) in [5, 5.41) is 0. The molecule has 0 aliphatic heterocycles. The average molecular weight is 311 g/mol. The molecule has 1 aromatic rings. The van der Waals surface area contributed by atoms with E-state index in [4.69, 9.17) is 0 Å². The van der Waals surface area contributed by atoms with Gasteiger partial charge in [0.2, 0.25) is 0 Å². The molecule has 0 aliphatic rings. The Morgan fingerprint density at radius 1 is 1.27 bits per heavy atom. The van der Waals surface area contributed by atoms with E-state index < -0.39 is 0 Å². The van der Waals surface area contributed by atoms with Crippen molar-refractivity contribution in [3.8, 4) is 0 Å². The fraction of sp³-hybridized carbons (Fsp3) is 0.125. The molecule has 0 bridgehead atoms. The van der Waals surface area contributed by atoms with Crippen molar-refractivity contribution in [1.29, 1.82) is 0 Å². The number of Topliss-reactive ketones (excluding diaryl/α,β-unsaturated/α-hetero) is 1. The maximum absolute atomic E-state index is 10.8. The van der Waals surface area contributed by atoms with Crippen molar-refractivity contribution < 1.29 is 47.1 Å². The molecule has 11 heavy (non-hydrogen) atoms. The molecule has 0 N–H and O–H groups in total. The number of rotatable bonds is 1. The molecule has 0 spiro atoms. The van der Waals surface area contributed by atoms with Crippen molar-refractivity contribution >= 4 is 9.94 Å². The minimum atomic E-state index is 0. The van der Waals surface area contributed by atoms with Crippen molar-refractivity contribution in [2.45, 2.75) is 6.92 Å². The second-order valence-corrected chi connectivity index (χ2v) is 3.97. The van der Waals surface area contributed by atoms with Crippen LogP contribution in [-0.4, -0.2) is 5.78 Å². The first-order valence-electron chi connectivity index (χ1n) is 3.13. The molecule has 0 saturated carbocycles. The van der Waals surface area contributed by atoms with E-state index in [0.717, 1.165) is 23.9 Å². The molecule has 0 atom stereocenters.